The summed E-state index contributed by atoms with van der Waals surface area (Å²) in [7, 11) is 0. The molecule has 0 spiro atoms. The van der Waals surface area contributed by atoms with Gasteiger partial charge in [-0.25, -0.2) is 4.79 Å². The van der Waals surface area contributed by atoms with Crippen molar-refractivity contribution in [1.82, 2.24) is 0 Å². The molecule has 1 aliphatic carbocycles. The monoisotopic (exact) mass is 338 g/mol. The van der Waals surface area contributed by atoms with E-state index in [1.54, 1.807) is 30.3 Å². The number of hydrogen-bond donors (Lipinski definition) is 1. The third-order valence-corrected chi connectivity index (χ3v) is 4.79. The summed E-state index contributed by atoms with van der Waals surface area (Å²) in [6, 6.07) is 7.99. The van der Waals surface area contributed by atoms with Crippen molar-refractivity contribution in [3.63, 3.8) is 0 Å². The molecular weight excluding hydrogens is 329 g/mol. The maximum absolute atomic E-state index is 13.4. The summed E-state index contributed by atoms with van der Waals surface area (Å²) < 4.78 is 40.1. The van der Waals surface area contributed by atoms with Crippen LogP contribution in [0.5, 0.6) is 0 Å². The number of carbonyl (C=O) groups is 2. The van der Waals surface area contributed by atoms with Crippen LogP contribution in [-0.2, 0) is 17.4 Å². The van der Waals surface area contributed by atoms with E-state index in [4.69, 9.17) is 5.11 Å². The first-order valence-electron chi connectivity index (χ1n) is 6.57. The number of rotatable bonds is 2. The molecule has 3 rings (SSSR count). The van der Waals surface area contributed by atoms with Crippen LogP contribution < -0.4 is 0 Å². The van der Waals surface area contributed by atoms with Crippen LogP contribution in [0, 0.1) is 0 Å². The van der Waals surface area contributed by atoms with E-state index >= 15 is 0 Å². The Bertz CT molecular complexity index is 832. The molecule has 23 heavy (non-hydrogen) atoms. The van der Waals surface area contributed by atoms with Gasteiger partial charge in [-0.15, -0.1) is 11.3 Å². The van der Waals surface area contributed by atoms with Gasteiger partial charge in [0.2, 0.25) is 5.78 Å². The first-order valence-corrected chi connectivity index (χ1v) is 7.38. The Labute approximate surface area is 132 Å². The Hall–Kier alpha value is -2.41. The van der Waals surface area contributed by atoms with Gasteiger partial charge >= 0.3 is 12.1 Å². The number of carboxylic acid groups (broad SMARTS) is 1. The molecule has 1 N–H and O–H groups in total. The number of fused-ring (bicyclic) bond motifs is 1. The van der Waals surface area contributed by atoms with E-state index in [0.717, 1.165) is 0 Å². The minimum atomic E-state index is -4.61. The first-order chi connectivity index (χ1) is 10.8. The van der Waals surface area contributed by atoms with Gasteiger partial charge in [0.15, 0.2) is 0 Å². The Morgan fingerprint density at radius 3 is 2.39 bits per heavy atom. The summed E-state index contributed by atoms with van der Waals surface area (Å²) in [6.45, 7) is 0. The lowest BCUT2D eigenvalue weighted by Gasteiger charge is -2.12. The fraction of sp³-hybridized carbons (Fsp3) is 0.125. The Morgan fingerprint density at radius 2 is 1.83 bits per heavy atom. The number of benzene rings is 1. The van der Waals surface area contributed by atoms with E-state index in [1.165, 1.54) is 6.08 Å². The highest BCUT2D eigenvalue weighted by molar-refractivity contribution is 7.15. The normalized spacial score (nSPS) is 14.4. The molecule has 2 aromatic rings. The van der Waals surface area contributed by atoms with Gasteiger partial charge < -0.3 is 5.11 Å². The standard InChI is InChI=1S/C16H9F3O3S/c17-16(18,19)14-11(8-4-2-1-3-5-8)9-6-7-10(15(21)22)12(20)13(9)23-14/h1-5,7H,6H2,(H,21,22). The highest BCUT2D eigenvalue weighted by atomic mass is 32.1. The third-order valence-electron chi connectivity index (χ3n) is 3.52. The Balaban J connectivity index is 2.25. The molecule has 1 aromatic heterocycles. The largest absolute Gasteiger partial charge is 0.478 e. The lowest BCUT2D eigenvalue weighted by Crippen LogP contribution is -2.16. The van der Waals surface area contributed by atoms with Gasteiger partial charge in [0.05, 0.1) is 4.88 Å². The zero-order valence-corrected chi connectivity index (χ0v) is 12.3. The minimum absolute atomic E-state index is 0.0144. The van der Waals surface area contributed by atoms with Gasteiger partial charge in [0, 0.05) is 5.56 Å². The van der Waals surface area contributed by atoms with Crippen molar-refractivity contribution in [1.29, 1.82) is 0 Å². The van der Waals surface area contributed by atoms with Crippen LogP contribution in [0.4, 0.5) is 13.2 Å². The Morgan fingerprint density at radius 1 is 1.17 bits per heavy atom. The smallest absolute Gasteiger partial charge is 0.426 e. The van der Waals surface area contributed by atoms with Crippen LogP contribution in [0.1, 0.15) is 20.1 Å². The summed E-state index contributed by atoms with van der Waals surface area (Å²) in [5, 5.41) is 8.98. The number of ketones is 1. The van der Waals surface area contributed by atoms with Gasteiger partial charge in [-0.1, -0.05) is 36.4 Å². The molecule has 0 atom stereocenters. The van der Waals surface area contributed by atoms with Crippen LogP contribution in [0.25, 0.3) is 11.1 Å². The van der Waals surface area contributed by atoms with Crippen molar-refractivity contribution in [3.05, 3.63) is 57.3 Å². The van der Waals surface area contributed by atoms with Crippen molar-refractivity contribution in [2.24, 2.45) is 0 Å². The van der Waals surface area contributed by atoms with Gasteiger partial charge in [-0.05, 0) is 17.5 Å². The summed E-state index contributed by atoms with van der Waals surface area (Å²) in [5.41, 5.74) is 0.0834. The fourth-order valence-corrected chi connectivity index (χ4v) is 3.73. The quantitative estimate of drug-likeness (QED) is 0.836. The lowest BCUT2D eigenvalue weighted by molar-refractivity contribution is -0.134. The van der Waals surface area contributed by atoms with E-state index in [-0.39, 0.29) is 22.4 Å². The SMILES string of the molecule is O=C(O)C1=CCc2c(sc(C(F)(F)F)c2-c2ccccc2)C1=O. The van der Waals surface area contributed by atoms with Crippen molar-refractivity contribution < 1.29 is 27.9 Å². The molecule has 0 saturated carbocycles. The van der Waals surface area contributed by atoms with E-state index in [0.29, 0.717) is 16.9 Å². The van der Waals surface area contributed by atoms with Crippen LogP contribution in [0.2, 0.25) is 0 Å². The number of alkyl halides is 3. The molecule has 1 aliphatic rings. The maximum Gasteiger partial charge on any atom is 0.426 e. The van der Waals surface area contributed by atoms with E-state index in [9.17, 15) is 22.8 Å². The Kier molecular flexibility index (Phi) is 3.60. The predicted molar refractivity (Wildman–Crippen MR) is 78.5 cm³/mol. The molecule has 1 aromatic carbocycles. The number of thiophene rings is 1. The zero-order chi connectivity index (χ0) is 16.8. The van der Waals surface area contributed by atoms with Gasteiger partial charge in [0.1, 0.15) is 10.5 Å². The molecule has 0 amide bonds. The number of allylic oxidation sites excluding steroid dienone is 1. The summed E-state index contributed by atoms with van der Waals surface area (Å²) >= 11 is 0.314. The molecule has 0 saturated heterocycles. The number of carbonyl (C=O) groups excluding carboxylic acids is 1. The van der Waals surface area contributed by atoms with Crippen LogP contribution in [-0.4, -0.2) is 16.9 Å². The molecule has 0 unspecified atom stereocenters. The molecular formula is C16H9F3O3S. The van der Waals surface area contributed by atoms with Crippen molar-refractivity contribution >= 4 is 23.1 Å². The van der Waals surface area contributed by atoms with Gasteiger partial charge in [-0.2, -0.15) is 13.2 Å². The molecule has 0 bridgehead atoms. The van der Waals surface area contributed by atoms with E-state index in [1.807, 2.05) is 0 Å². The number of carboxylic acids is 1. The average Bonchev–Trinajstić information content (AvgIpc) is 2.88. The molecule has 7 heteroatoms. The summed E-state index contributed by atoms with van der Waals surface area (Å²) in [5.74, 6) is -2.29. The second kappa shape index (κ2) is 5.34. The molecule has 1 heterocycles. The number of hydrogen-bond acceptors (Lipinski definition) is 3. The van der Waals surface area contributed by atoms with E-state index < -0.39 is 28.4 Å². The highest BCUT2D eigenvalue weighted by Gasteiger charge is 2.41. The van der Waals surface area contributed by atoms with Crippen molar-refractivity contribution in [2.75, 3.05) is 0 Å². The van der Waals surface area contributed by atoms with Crippen molar-refractivity contribution in [3.8, 4) is 11.1 Å². The van der Waals surface area contributed by atoms with Crippen molar-refractivity contribution in [2.45, 2.75) is 12.6 Å². The van der Waals surface area contributed by atoms with Gasteiger partial charge in [0.25, 0.3) is 0 Å². The van der Waals surface area contributed by atoms with Gasteiger partial charge in [-0.3, -0.25) is 4.79 Å². The predicted octanol–water partition coefficient (Wildman–Crippen LogP) is 4.18. The van der Waals surface area contributed by atoms with E-state index in [2.05, 4.69) is 0 Å². The molecule has 3 nitrogen and oxygen atoms in total. The second-order valence-corrected chi connectivity index (χ2v) is 5.95. The zero-order valence-electron chi connectivity index (χ0n) is 11.5. The summed E-state index contributed by atoms with van der Waals surface area (Å²) in [4.78, 5) is 22.2. The molecule has 0 aliphatic heterocycles. The molecule has 118 valence electrons. The highest BCUT2D eigenvalue weighted by Crippen LogP contribution is 2.47. The number of aliphatic carboxylic acids is 1. The minimum Gasteiger partial charge on any atom is -0.478 e. The molecule has 0 radical (unpaired) electrons. The van der Waals surface area contributed by atoms with Crippen LogP contribution >= 0.6 is 11.3 Å². The average molecular weight is 338 g/mol. The topological polar surface area (TPSA) is 54.4 Å². The summed E-state index contributed by atoms with van der Waals surface area (Å²) in [6.07, 6.45) is -3.46. The fourth-order valence-electron chi connectivity index (χ4n) is 2.56. The first kappa shape index (κ1) is 15.5. The number of halogens is 3. The lowest BCUT2D eigenvalue weighted by atomic mass is 9.91. The third kappa shape index (κ3) is 2.57. The van der Waals surface area contributed by atoms with Crippen LogP contribution in [0.3, 0.4) is 0 Å². The number of Topliss-reactive ketones (excluding diaryl/α,β-unsaturated/α-hetero) is 1. The molecule has 0 fully saturated rings. The maximum atomic E-state index is 13.4. The second-order valence-electron chi connectivity index (χ2n) is 4.93. The van der Waals surface area contributed by atoms with Crippen LogP contribution in [0.15, 0.2) is 42.0 Å².